The van der Waals surface area contributed by atoms with E-state index in [9.17, 15) is 40.6 Å². The smallest absolute Gasteiger partial charge is 0.337 e. The lowest BCUT2D eigenvalue weighted by Crippen LogP contribution is -2.39. The Morgan fingerprint density at radius 2 is 1.55 bits per heavy atom. The summed E-state index contributed by atoms with van der Waals surface area (Å²) in [6.45, 7) is 10.8. The number of halogens is 3. The van der Waals surface area contributed by atoms with Gasteiger partial charge in [0.05, 0.1) is 43.0 Å². The van der Waals surface area contributed by atoms with Gasteiger partial charge in [-0.05, 0) is 75.6 Å². The van der Waals surface area contributed by atoms with Gasteiger partial charge in [-0.3, -0.25) is 18.9 Å². The van der Waals surface area contributed by atoms with Crippen LogP contribution in [0.2, 0.25) is 15.1 Å². The minimum atomic E-state index is -5.25. The first-order valence-electron chi connectivity index (χ1n) is 16.0. The maximum Gasteiger partial charge on any atom is 0.337 e. The van der Waals surface area contributed by atoms with Crippen LogP contribution >= 0.6 is 46.6 Å². The lowest BCUT2D eigenvalue weighted by Gasteiger charge is -2.40. The van der Waals surface area contributed by atoms with Crippen molar-refractivity contribution in [1.29, 1.82) is 0 Å². The summed E-state index contributed by atoms with van der Waals surface area (Å²) in [5, 5.41) is 12.4. The molecule has 6 N–H and O–H groups in total. The third-order valence-electron chi connectivity index (χ3n) is 9.43. The molecule has 0 saturated heterocycles. The molecule has 2 atom stereocenters. The summed E-state index contributed by atoms with van der Waals surface area (Å²) in [4.78, 5) is 28.0. The van der Waals surface area contributed by atoms with Crippen LogP contribution in [0.3, 0.4) is 0 Å². The number of anilines is 1. The van der Waals surface area contributed by atoms with E-state index in [4.69, 9.17) is 45.3 Å². The SMILES string of the molecule is CC1CC(C)(C)Nc2c1cc1c(c2S(=O)(=O)O)Oc2c(S(=O)(=O)O)c3c(cc2=C1c1c(Cl)c(SCC(N)=O)c(Cl)c(Cl)c1C(=O)O)C(C)CC(C)(C)N=3. The first-order valence-corrected chi connectivity index (χ1v) is 21.0. The van der Waals surface area contributed by atoms with E-state index in [1.165, 1.54) is 6.07 Å². The number of nitrogens with two attached hydrogens (primary N) is 1. The zero-order chi connectivity index (χ0) is 39.5. The Hall–Kier alpha value is -3.09. The highest BCUT2D eigenvalue weighted by atomic mass is 35.5. The Morgan fingerprint density at radius 1 is 0.943 bits per heavy atom. The second-order valence-corrected chi connectivity index (χ2v) is 19.6. The fourth-order valence-electron chi connectivity index (χ4n) is 7.71. The van der Waals surface area contributed by atoms with Crippen LogP contribution in [0.4, 0.5) is 5.69 Å². The molecule has 3 aliphatic rings. The highest BCUT2D eigenvalue weighted by Crippen LogP contribution is 2.54. The van der Waals surface area contributed by atoms with Crippen molar-refractivity contribution in [2.75, 3.05) is 11.1 Å². The minimum Gasteiger partial charge on any atom is -0.478 e. The Balaban J connectivity index is 1.98. The molecule has 53 heavy (non-hydrogen) atoms. The number of ether oxygens (including phenoxy) is 1. The van der Waals surface area contributed by atoms with E-state index in [1.807, 2.05) is 27.7 Å². The van der Waals surface area contributed by atoms with Crippen LogP contribution in [-0.4, -0.2) is 59.8 Å². The van der Waals surface area contributed by atoms with Gasteiger partial charge in [0, 0.05) is 32.4 Å². The van der Waals surface area contributed by atoms with Crippen molar-refractivity contribution < 1.29 is 45.4 Å². The van der Waals surface area contributed by atoms with Crippen LogP contribution in [0.25, 0.3) is 5.57 Å². The average Bonchev–Trinajstić information content (AvgIpc) is 2.97. The highest BCUT2D eigenvalue weighted by molar-refractivity contribution is 8.00. The Morgan fingerprint density at radius 3 is 2.11 bits per heavy atom. The number of carboxylic acids is 1. The highest BCUT2D eigenvalue weighted by Gasteiger charge is 2.43. The summed E-state index contributed by atoms with van der Waals surface area (Å²) in [7, 11) is -10.5. The molecule has 284 valence electrons. The number of carbonyl (C=O) groups excluding carboxylic acids is 1. The molecule has 0 aliphatic carbocycles. The number of nitrogens with one attached hydrogen (secondary N) is 1. The number of aromatic carboxylic acids is 1. The van der Waals surface area contributed by atoms with Gasteiger partial charge in [0.2, 0.25) is 5.91 Å². The van der Waals surface area contributed by atoms with Crippen molar-refractivity contribution in [3.05, 3.63) is 65.6 Å². The van der Waals surface area contributed by atoms with Crippen molar-refractivity contribution in [1.82, 2.24) is 0 Å². The first-order chi connectivity index (χ1) is 24.3. The van der Waals surface area contributed by atoms with E-state index in [-0.39, 0.29) is 65.5 Å². The Bertz CT molecular complexity index is 2560. The molecule has 13 nitrogen and oxygen atoms in total. The fraction of sp³-hybridized carbons (Fsp3) is 0.382. The van der Waals surface area contributed by atoms with E-state index >= 15 is 0 Å². The van der Waals surface area contributed by atoms with Gasteiger partial charge in [0.1, 0.15) is 0 Å². The van der Waals surface area contributed by atoms with Crippen molar-refractivity contribution in [2.24, 2.45) is 10.7 Å². The number of hydrogen-bond donors (Lipinski definition) is 5. The second-order valence-electron chi connectivity index (χ2n) is 14.7. The quantitative estimate of drug-likeness (QED) is 0.0778. The van der Waals surface area contributed by atoms with E-state index in [0.717, 1.165) is 11.8 Å². The Labute approximate surface area is 324 Å². The molecule has 0 saturated carbocycles. The molecule has 3 aromatic rings. The van der Waals surface area contributed by atoms with Crippen molar-refractivity contribution in [3.63, 3.8) is 0 Å². The summed E-state index contributed by atoms with van der Waals surface area (Å²) in [5.74, 6) is -4.68. The van der Waals surface area contributed by atoms with E-state index in [1.54, 1.807) is 19.9 Å². The number of rotatable bonds is 7. The zero-order valence-corrected chi connectivity index (χ0v) is 33.7. The third-order valence-corrected chi connectivity index (χ3v) is 13.8. The molecule has 3 heterocycles. The molecule has 0 spiro atoms. The van der Waals surface area contributed by atoms with Gasteiger partial charge in [-0.25, -0.2) is 4.79 Å². The molecule has 0 bridgehead atoms. The fourth-order valence-corrected chi connectivity index (χ4v) is 11.2. The number of carboxylic acid groups (broad SMARTS) is 1. The second kappa shape index (κ2) is 13.0. The van der Waals surface area contributed by atoms with Crippen LogP contribution in [-0.2, 0) is 25.0 Å². The van der Waals surface area contributed by atoms with Crippen LogP contribution in [0.1, 0.15) is 98.8 Å². The van der Waals surface area contributed by atoms with Crippen molar-refractivity contribution >= 4 is 89.9 Å². The molecule has 1 amide bonds. The summed E-state index contributed by atoms with van der Waals surface area (Å²) in [6, 6.07) is 3.08. The molecule has 0 radical (unpaired) electrons. The number of amides is 1. The standard InChI is InChI=1S/C34H34Cl3N3O10S3/c1-12-9-33(3,4)39-25-14(12)7-16-19(20-21(32(42)43)22(35)24(37)29(23(20)36)51-11-18(38)41)17-8-15-13(2)10-34(5,6)40-26(15)31(53(47,48)49)28(17)50-27(16)30(25)52(44,45)46/h7-8,12-13,39H,9-11H2,1-6H3,(H2,38,41)(H,42,43)(H,44,45,46)(H,47,48,49). The topological polar surface area (TPSA) is 223 Å². The summed E-state index contributed by atoms with van der Waals surface area (Å²) >= 11 is 21.0. The van der Waals surface area contributed by atoms with Gasteiger partial charge in [0.25, 0.3) is 20.2 Å². The van der Waals surface area contributed by atoms with Gasteiger partial charge < -0.3 is 20.9 Å². The Kier molecular flexibility index (Phi) is 9.72. The number of benzene rings is 3. The predicted octanol–water partition coefficient (Wildman–Crippen LogP) is 6.37. The number of carbonyl (C=O) groups is 2. The van der Waals surface area contributed by atoms with Gasteiger partial charge in [-0.2, -0.15) is 16.8 Å². The molecule has 6 rings (SSSR count). The van der Waals surface area contributed by atoms with E-state index < -0.39 is 75.1 Å². The lowest BCUT2D eigenvalue weighted by atomic mass is 9.79. The molecule has 0 fully saturated rings. The number of nitrogens with zero attached hydrogens (tertiary/aromatic N) is 1. The van der Waals surface area contributed by atoms with Crippen LogP contribution in [0, 0.1) is 0 Å². The van der Waals surface area contributed by atoms with Crippen molar-refractivity contribution in [2.45, 2.75) is 92.0 Å². The number of primary amides is 1. The normalized spacial score (nSPS) is 19.8. The molecule has 3 aliphatic heterocycles. The molecule has 19 heteroatoms. The van der Waals surface area contributed by atoms with Crippen molar-refractivity contribution in [3.8, 4) is 11.5 Å². The first kappa shape index (κ1) is 39.6. The summed E-state index contributed by atoms with van der Waals surface area (Å²) in [6.07, 6.45) is 0.936. The zero-order valence-electron chi connectivity index (χ0n) is 29.0. The van der Waals surface area contributed by atoms with Gasteiger partial charge in [0.15, 0.2) is 21.3 Å². The molecular formula is C34H34Cl3N3O10S3. The van der Waals surface area contributed by atoms with Gasteiger partial charge >= 0.3 is 5.97 Å². The maximum absolute atomic E-state index is 13.5. The van der Waals surface area contributed by atoms with Crippen LogP contribution in [0.5, 0.6) is 11.5 Å². The van der Waals surface area contributed by atoms with E-state index in [2.05, 4.69) is 10.3 Å². The van der Waals surface area contributed by atoms with Crippen LogP contribution < -0.4 is 26.4 Å². The molecule has 3 aromatic carbocycles. The number of hydrogen-bond acceptors (Lipinski definition) is 10. The largest absolute Gasteiger partial charge is 0.478 e. The molecule has 0 aromatic heterocycles. The van der Waals surface area contributed by atoms with Gasteiger partial charge in [-0.1, -0.05) is 48.7 Å². The van der Waals surface area contributed by atoms with Gasteiger partial charge in [-0.15, -0.1) is 11.8 Å². The summed E-state index contributed by atoms with van der Waals surface area (Å²) in [5.41, 5.74) is 3.34. The lowest BCUT2D eigenvalue weighted by molar-refractivity contribution is -0.115. The molecule has 2 unspecified atom stereocenters. The summed E-state index contributed by atoms with van der Waals surface area (Å²) < 4.78 is 81.9. The average molecular weight is 847 g/mol. The van der Waals surface area contributed by atoms with Crippen LogP contribution in [0.15, 0.2) is 31.8 Å². The number of thioether (sulfide) groups is 1. The number of fused-ring (bicyclic) bond motifs is 4. The minimum absolute atomic E-state index is 0.0278. The molecular weight excluding hydrogens is 813 g/mol. The van der Waals surface area contributed by atoms with E-state index in [0.29, 0.717) is 24.0 Å². The third kappa shape index (κ3) is 6.79. The predicted molar refractivity (Wildman–Crippen MR) is 201 cm³/mol. The monoisotopic (exact) mass is 845 g/mol. The maximum atomic E-state index is 13.5.